The molecule has 0 saturated heterocycles. The second-order valence-electron chi connectivity index (χ2n) is 11.7. The van der Waals surface area contributed by atoms with Crippen LogP contribution in [-0.2, 0) is 12.8 Å². The van der Waals surface area contributed by atoms with Crippen molar-refractivity contribution in [3.63, 3.8) is 0 Å². The predicted molar refractivity (Wildman–Crippen MR) is 201 cm³/mol. The van der Waals surface area contributed by atoms with Gasteiger partial charge in [-0.3, -0.25) is 0 Å². The van der Waals surface area contributed by atoms with E-state index in [2.05, 4.69) is 61.7 Å². The van der Waals surface area contributed by atoms with E-state index >= 15 is 0 Å². The van der Waals surface area contributed by atoms with Gasteiger partial charge in [-0.1, -0.05) is 79.1 Å². The highest BCUT2D eigenvalue weighted by Crippen LogP contribution is 2.46. The highest BCUT2D eigenvalue weighted by atomic mass is 32.1. The minimum absolute atomic E-state index is 0.131. The van der Waals surface area contributed by atoms with Crippen molar-refractivity contribution in [2.24, 2.45) is 11.8 Å². The van der Waals surface area contributed by atoms with Gasteiger partial charge in [0.1, 0.15) is 0 Å². The van der Waals surface area contributed by atoms with Crippen LogP contribution in [-0.4, -0.2) is 0 Å². The fourth-order valence-corrected chi connectivity index (χ4v) is 10.5. The third-order valence-corrected chi connectivity index (χ3v) is 13.4. The largest absolute Gasteiger partial charge is 0.263 e. The van der Waals surface area contributed by atoms with E-state index in [1.54, 1.807) is 57.5 Å². The number of thiophene rings is 4. The summed E-state index contributed by atoms with van der Waals surface area (Å²) in [6.45, 7) is 23.8. The minimum Gasteiger partial charge on any atom is -0.227 e. The first kappa shape index (κ1) is 35.4. The summed E-state index contributed by atoms with van der Waals surface area (Å²) in [5.41, 5.74) is 2.74. The number of nitrogens with zero attached hydrogens (tertiary/aromatic N) is 4. The van der Waals surface area contributed by atoms with Crippen molar-refractivity contribution in [2.75, 3.05) is 0 Å². The third-order valence-electron chi connectivity index (χ3n) is 8.49. The lowest BCUT2D eigenvalue weighted by Gasteiger charge is -2.14. The molecule has 0 aliphatic rings. The summed E-state index contributed by atoms with van der Waals surface area (Å²) in [6.07, 6.45) is 14.9. The molecule has 46 heavy (non-hydrogen) atoms. The molecule has 2 atom stereocenters. The van der Waals surface area contributed by atoms with Crippen LogP contribution in [0.3, 0.4) is 0 Å². The molecule has 4 aromatic heterocycles. The maximum atomic E-state index is 9.46. The first-order valence-corrected chi connectivity index (χ1v) is 19.4. The SMILES string of the molecule is [C-]#[N+]/C(C#N)=C\c1sc(-c2cc3sc(-c4cc(CC(CC)CCCC)c(/C=C(\C#N)[N+]#[C-])s4)cc3s2)cc1CC(CC)CCCC. The number of unbranched alkanes of at least 4 members (excludes halogenated alkanes) is 2. The van der Waals surface area contributed by atoms with Gasteiger partial charge in [-0.25, -0.2) is 20.2 Å². The zero-order valence-corrected chi connectivity index (χ0v) is 30.4. The van der Waals surface area contributed by atoms with E-state index in [1.807, 2.05) is 12.1 Å². The molecule has 0 amide bonds. The second-order valence-corrected chi connectivity index (χ2v) is 16.0. The standard InChI is InChI=1S/C38H40N4S4/c1-7-11-13-25(9-3)15-27-17-33(43-31(27)19-29(23-39)41-5)35-21-37-38(45-35)22-36(46-37)34-18-28(16-26(10-4)14-12-8-2)32(44-34)20-30(24-40)42-6/h17-22,25-26H,7-16H2,1-4H3/b29-19-,30-20+. The predicted octanol–water partition coefficient (Wildman–Crippen LogP) is 13.5. The van der Waals surface area contributed by atoms with Gasteiger partial charge in [-0.15, -0.1) is 45.3 Å². The van der Waals surface area contributed by atoms with E-state index in [4.69, 9.17) is 13.1 Å². The Bertz CT molecular complexity index is 1670. The summed E-state index contributed by atoms with van der Waals surface area (Å²) in [4.78, 5) is 13.7. The molecular weight excluding hydrogens is 641 g/mol. The Labute approximate surface area is 290 Å². The molecule has 0 fully saturated rings. The summed E-state index contributed by atoms with van der Waals surface area (Å²) < 4.78 is 2.49. The zero-order valence-electron chi connectivity index (χ0n) is 27.1. The Hall–Kier alpha value is -3.50. The highest BCUT2D eigenvalue weighted by molar-refractivity contribution is 7.33. The number of rotatable bonds is 16. The topological polar surface area (TPSA) is 56.3 Å². The van der Waals surface area contributed by atoms with Gasteiger partial charge >= 0.3 is 0 Å². The molecule has 0 aliphatic heterocycles. The van der Waals surface area contributed by atoms with Crippen molar-refractivity contribution in [3.8, 4) is 31.6 Å². The molecular formula is C38H40N4S4. The Morgan fingerprint density at radius 3 is 1.39 bits per heavy atom. The van der Waals surface area contributed by atoms with Gasteiger partial charge < -0.3 is 0 Å². The normalized spacial score (nSPS) is 13.2. The second kappa shape index (κ2) is 17.4. The Kier molecular flexibility index (Phi) is 13.4. The van der Waals surface area contributed by atoms with E-state index in [0.29, 0.717) is 11.8 Å². The molecule has 0 spiro atoms. The summed E-state index contributed by atoms with van der Waals surface area (Å²) in [7, 11) is 0. The van der Waals surface area contributed by atoms with Gasteiger partial charge in [0.15, 0.2) is 0 Å². The molecule has 0 saturated carbocycles. The molecule has 8 heteroatoms. The molecule has 0 aromatic carbocycles. The molecule has 4 rings (SSSR count). The van der Waals surface area contributed by atoms with Crippen LogP contribution in [0.4, 0.5) is 0 Å². The number of nitriles is 2. The molecule has 236 valence electrons. The zero-order chi connectivity index (χ0) is 33.1. The van der Waals surface area contributed by atoms with Crippen LogP contribution in [0.5, 0.6) is 0 Å². The number of hydrogen-bond acceptors (Lipinski definition) is 6. The van der Waals surface area contributed by atoms with E-state index in [-0.39, 0.29) is 11.4 Å². The van der Waals surface area contributed by atoms with Crippen LogP contribution < -0.4 is 0 Å². The van der Waals surface area contributed by atoms with Crippen LogP contribution in [0, 0.1) is 47.6 Å². The summed E-state index contributed by atoms with van der Waals surface area (Å²) in [5.74, 6) is 1.19. The van der Waals surface area contributed by atoms with Crippen molar-refractivity contribution in [1.82, 2.24) is 0 Å². The number of hydrogen-bond donors (Lipinski definition) is 0. The van der Waals surface area contributed by atoms with Gasteiger partial charge in [0.05, 0.1) is 25.3 Å². The highest BCUT2D eigenvalue weighted by Gasteiger charge is 2.19. The lowest BCUT2D eigenvalue weighted by atomic mass is 9.92. The summed E-state index contributed by atoms with van der Waals surface area (Å²) >= 11 is 6.96. The van der Waals surface area contributed by atoms with E-state index in [9.17, 15) is 10.5 Å². The quantitative estimate of drug-likeness (QED) is 0.0873. The van der Waals surface area contributed by atoms with E-state index in [1.165, 1.54) is 78.6 Å². The van der Waals surface area contributed by atoms with Gasteiger partial charge in [0.2, 0.25) is 0 Å². The van der Waals surface area contributed by atoms with Crippen LogP contribution in [0.1, 0.15) is 99.9 Å². The summed E-state index contributed by atoms with van der Waals surface area (Å²) in [6, 6.07) is 13.2. The molecule has 0 aliphatic carbocycles. The average molecular weight is 681 g/mol. The molecule has 0 radical (unpaired) electrons. The Morgan fingerprint density at radius 2 is 1.07 bits per heavy atom. The van der Waals surface area contributed by atoms with Gasteiger partial charge in [0, 0.05) is 38.7 Å². The van der Waals surface area contributed by atoms with Crippen LogP contribution in [0.15, 0.2) is 35.7 Å². The van der Waals surface area contributed by atoms with E-state index in [0.717, 1.165) is 35.4 Å². The third kappa shape index (κ3) is 8.85. The molecule has 4 nitrogen and oxygen atoms in total. The van der Waals surface area contributed by atoms with Gasteiger partial charge in [0.25, 0.3) is 11.4 Å². The molecule has 2 unspecified atom stereocenters. The van der Waals surface area contributed by atoms with Crippen LogP contribution >= 0.6 is 45.3 Å². The molecule has 4 heterocycles. The summed E-state index contributed by atoms with van der Waals surface area (Å²) in [5, 5.41) is 18.9. The van der Waals surface area contributed by atoms with Gasteiger partial charge in [-0.05, 0) is 72.2 Å². The number of allylic oxidation sites excluding steroid dienone is 2. The van der Waals surface area contributed by atoms with Crippen molar-refractivity contribution >= 4 is 66.9 Å². The maximum Gasteiger partial charge on any atom is 0.263 e. The van der Waals surface area contributed by atoms with Crippen LogP contribution in [0.2, 0.25) is 0 Å². The lowest BCUT2D eigenvalue weighted by molar-refractivity contribution is 0.449. The van der Waals surface area contributed by atoms with Gasteiger partial charge in [-0.2, -0.15) is 0 Å². The Balaban J connectivity index is 1.68. The van der Waals surface area contributed by atoms with Crippen molar-refractivity contribution in [1.29, 1.82) is 10.5 Å². The fourth-order valence-electron chi connectivity index (χ4n) is 5.71. The lowest BCUT2D eigenvalue weighted by Crippen LogP contribution is -2.03. The van der Waals surface area contributed by atoms with Crippen molar-refractivity contribution in [3.05, 3.63) is 79.4 Å². The smallest absolute Gasteiger partial charge is 0.227 e. The van der Waals surface area contributed by atoms with Crippen molar-refractivity contribution in [2.45, 2.75) is 91.9 Å². The average Bonchev–Trinajstić information content (AvgIpc) is 3.85. The monoisotopic (exact) mass is 680 g/mol. The number of fused-ring (bicyclic) bond motifs is 1. The fraction of sp³-hybridized carbons (Fsp3) is 0.421. The molecule has 4 aromatic rings. The van der Waals surface area contributed by atoms with Crippen molar-refractivity contribution < 1.29 is 0 Å². The first-order chi connectivity index (χ1) is 22.4. The van der Waals surface area contributed by atoms with Crippen LogP contribution in [0.25, 0.3) is 50.8 Å². The molecule has 0 bridgehead atoms. The minimum atomic E-state index is 0.131. The maximum absolute atomic E-state index is 9.46. The first-order valence-electron chi connectivity index (χ1n) is 16.2. The Morgan fingerprint density at radius 1 is 0.674 bits per heavy atom. The van der Waals surface area contributed by atoms with E-state index < -0.39 is 0 Å². The molecule has 0 N–H and O–H groups in total.